The van der Waals surface area contributed by atoms with Gasteiger partial charge in [-0.3, -0.25) is 9.36 Å². The maximum absolute atomic E-state index is 14.0. The van der Waals surface area contributed by atoms with Crippen molar-refractivity contribution in [3.8, 4) is 11.3 Å². The molecule has 0 radical (unpaired) electrons. The van der Waals surface area contributed by atoms with E-state index in [0.717, 1.165) is 48.5 Å². The first-order chi connectivity index (χ1) is 13.2. The molecule has 3 nitrogen and oxygen atoms in total. The van der Waals surface area contributed by atoms with Crippen molar-refractivity contribution in [3.05, 3.63) is 45.7 Å². The fraction of sp³-hybridized carbons (Fsp3) is 0.565. The summed E-state index contributed by atoms with van der Waals surface area (Å²) in [6.07, 6.45) is 13.8. The number of rotatable bonds is 2. The van der Waals surface area contributed by atoms with E-state index in [1.54, 1.807) is 11.8 Å². The Bertz CT molecular complexity index is 920. The fourth-order valence-electron chi connectivity index (χ4n) is 5.83. The molecule has 2 fully saturated rings. The summed E-state index contributed by atoms with van der Waals surface area (Å²) in [6, 6.07) is 8.98. The normalized spacial score (nSPS) is 21.2. The molecule has 0 aliphatic heterocycles. The molecule has 5 rings (SSSR count). The van der Waals surface area contributed by atoms with Crippen LogP contribution in [0.2, 0.25) is 0 Å². The Hall–Kier alpha value is -1.55. The Kier molecular flexibility index (Phi) is 4.42. The number of aromatic nitrogens is 2. The Balaban J connectivity index is 1.80. The molecule has 1 heterocycles. The minimum absolute atomic E-state index is 0.00329. The van der Waals surface area contributed by atoms with E-state index in [-0.39, 0.29) is 11.0 Å². The van der Waals surface area contributed by atoms with Crippen molar-refractivity contribution < 1.29 is 0 Å². The first kappa shape index (κ1) is 17.5. The van der Waals surface area contributed by atoms with Crippen molar-refractivity contribution in [2.75, 3.05) is 6.26 Å². The highest BCUT2D eigenvalue weighted by atomic mass is 32.2. The van der Waals surface area contributed by atoms with Gasteiger partial charge in [-0.1, -0.05) is 68.1 Å². The Morgan fingerprint density at radius 1 is 1.07 bits per heavy atom. The van der Waals surface area contributed by atoms with E-state index in [1.165, 1.54) is 43.2 Å². The van der Waals surface area contributed by atoms with Crippen LogP contribution in [0.1, 0.15) is 75.0 Å². The quantitative estimate of drug-likeness (QED) is 0.509. The summed E-state index contributed by atoms with van der Waals surface area (Å²) in [5.74, 6) is 0. The predicted octanol–water partition coefficient (Wildman–Crippen LogP) is 5.51. The van der Waals surface area contributed by atoms with Crippen molar-refractivity contribution >= 4 is 11.8 Å². The molecule has 1 spiro atoms. The van der Waals surface area contributed by atoms with Crippen LogP contribution in [0, 0.1) is 0 Å². The smallest absolute Gasteiger partial charge is 0.258 e. The van der Waals surface area contributed by atoms with Crippen LogP contribution >= 0.6 is 11.8 Å². The molecule has 1 aromatic carbocycles. The molecule has 142 valence electrons. The van der Waals surface area contributed by atoms with Crippen molar-refractivity contribution in [1.82, 2.24) is 9.55 Å². The molecule has 27 heavy (non-hydrogen) atoms. The summed E-state index contributed by atoms with van der Waals surface area (Å²) in [4.78, 5) is 19.1. The Labute approximate surface area is 165 Å². The fourth-order valence-corrected chi connectivity index (χ4v) is 6.44. The van der Waals surface area contributed by atoms with Gasteiger partial charge in [0.2, 0.25) is 0 Å². The van der Waals surface area contributed by atoms with Crippen molar-refractivity contribution in [1.29, 1.82) is 0 Å². The van der Waals surface area contributed by atoms with E-state index in [1.807, 2.05) is 0 Å². The molecule has 0 saturated heterocycles. The molecule has 0 N–H and O–H groups in total. The highest BCUT2D eigenvalue weighted by Crippen LogP contribution is 2.49. The van der Waals surface area contributed by atoms with Crippen molar-refractivity contribution in [2.24, 2.45) is 0 Å². The molecule has 0 bridgehead atoms. The van der Waals surface area contributed by atoms with Gasteiger partial charge in [0, 0.05) is 17.0 Å². The highest BCUT2D eigenvalue weighted by molar-refractivity contribution is 7.98. The maximum atomic E-state index is 14.0. The van der Waals surface area contributed by atoms with E-state index >= 15 is 0 Å². The van der Waals surface area contributed by atoms with E-state index in [4.69, 9.17) is 4.98 Å². The lowest BCUT2D eigenvalue weighted by Crippen LogP contribution is -2.43. The maximum Gasteiger partial charge on any atom is 0.258 e. The van der Waals surface area contributed by atoms with Crippen LogP contribution in [0.3, 0.4) is 0 Å². The third-order valence-electron chi connectivity index (χ3n) is 7.10. The Morgan fingerprint density at radius 3 is 2.56 bits per heavy atom. The number of hydrogen-bond donors (Lipinski definition) is 0. The second kappa shape index (κ2) is 6.80. The molecule has 2 saturated carbocycles. The number of benzene rings is 1. The molecule has 0 unspecified atom stereocenters. The monoisotopic (exact) mass is 380 g/mol. The standard InChI is InChI=1S/C23H28N2OS/c1-27-22-24-20-18-12-6-3-9-16(18)15-23(13-7-2-8-14-23)19(20)21(26)25(22)17-10-4-5-11-17/h3,6,9,12,17H,2,4-5,7-8,10-11,13-15H2,1H3. The molecule has 3 aliphatic rings. The van der Waals surface area contributed by atoms with Gasteiger partial charge in [0.05, 0.1) is 11.3 Å². The predicted molar refractivity (Wildman–Crippen MR) is 112 cm³/mol. The van der Waals surface area contributed by atoms with Gasteiger partial charge in [0.25, 0.3) is 5.56 Å². The molecule has 0 amide bonds. The molecule has 0 atom stereocenters. The van der Waals surface area contributed by atoms with Crippen molar-refractivity contribution in [3.63, 3.8) is 0 Å². The first-order valence-electron chi connectivity index (χ1n) is 10.5. The summed E-state index contributed by atoms with van der Waals surface area (Å²) >= 11 is 1.63. The van der Waals surface area contributed by atoms with Crippen LogP contribution in [0.15, 0.2) is 34.2 Å². The minimum atomic E-state index is 0.00329. The zero-order chi connectivity index (χ0) is 18.4. The van der Waals surface area contributed by atoms with Gasteiger partial charge in [-0.15, -0.1) is 0 Å². The van der Waals surface area contributed by atoms with Crippen molar-refractivity contribution in [2.45, 2.75) is 80.8 Å². The van der Waals surface area contributed by atoms with E-state index in [9.17, 15) is 4.79 Å². The van der Waals surface area contributed by atoms with Gasteiger partial charge in [-0.2, -0.15) is 0 Å². The van der Waals surface area contributed by atoms with Gasteiger partial charge in [-0.25, -0.2) is 4.98 Å². The van der Waals surface area contributed by atoms with Crippen LogP contribution in [0.4, 0.5) is 0 Å². The number of nitrogens with zero attached hydrogens (tertiary/aromatic N) is 2. The summed E-state index contributed by atoms with van der Waals surface area (Å²) in [6.45, 7) is 0. The number of fused-ring (bicyclic) bond motifs is 4. The van der Waals surface area contributed by atoms with E-state index in [0.29, 0.717) is 6.04 Å². The lowest BCUT2D eigenvalue weighted by molar-refractivity contribution is 0.280. The summed E-state index contributed by atoms with van der Waals surface area (Å²) in [5.41, 5.74) is 4.88. The van der Waals surface area contributed by atoms with Crippen LogP contribution in [-0.4, -0.2) is 15.8 Å². The van der Waals surface area contributed by atoms with E-state index in [2.05, 4.69) is 35.1 Å². The third-order valence-corrected chi connectivity index (χ3v) is 7.75. The average Bonchev–Trinajstić information content (AvgIpc) is 3.22. The SMILES string of the molecule is CSc1nc2c(c(=O)n1C1CCCC1)C1(CCCCC1)Cc1ccccc1-2. The second-order valence-electron chi connectivity index (χ2n) is 8.61. The zero-order valence-electron chi connectivity index (χ0n) is 16.2. The van der Waals surface area contributed by atoms with Gasteiger partial charge in [0.15, 0.2) is 5.16 Å². The Morgan fingerprint density at radius 2 is 1.81 bits per heavy atom. The minimum Gasteiger partial charge on any atom is -0.284 e. The van der Waals surface area contributed by atoms with Gasteiger partial charge < -0.3 is 0 Å². The number of hydrogen-bond acceptors (Lipinski definition) is 3. The van der Waals surface area contributed by atoms with Gasteiger partial charge in [-0.05, 0) is 43.9 Å². The molecular weight excluding hydrogens is 352 g/mol. The lowest BCUT2D eigenvalue weighted by atomic mass is 9.62. The zero-order valence-corrected chi connectivity index (χ0v) is 17.0. The van der Waals surface area contributed by atoms with Crippen LogP contribution in [-0.2, 0) is 11.8 Å². The van der Waals surface area contributed by atoms with Crippen LogP contribution in [0.5, 0.6) is 0 Å². The lowest BCUT2D eigenvalue weighted by Gasteiger charge is -2.42. The summed E-state index contributed by atoms with van der Waals surface area (Å²) in [7, 11) is 0. The second-order valence-corrected chi connectivity index (χ2v) is 9.38. The third kappa shape index (κ3) is 2.71. The molecule has 2 aromatic rings. The molecule has 1 aromatic heterocycles. The number of thioether (sulfide) groups is 1. The van der Waals surface area contributed by atoms with Crippen LogP contribution < -0.4 is 5.56 Å². The van der Waals surface area contributed by atoms with E-state index < -0.39 is 0 Å². The summed E-state index contributed by atoms with van der Waals surface area (Å²) in [5, 5.41) is 0.910. The van der Waals surface area contributed by atoms with Gasteiger partial charge in [0.1, 0.15) is 0 Å². The van der Waals surface area contributed by atoms with Gasteiger partial charge >= 0.3 is 0 Å². The highest BCUT2D eigenvalue weighted by Gasteiger charge is 2.43. The molecule has 3 aliphatic carbocycles. The molecular formula is C23H28N2OS. The average molecular weight is 381 g/mol. The van der Waals surface area contributed by atoms with Crippen LogP contribution in [0.25, 0.3) is 11.3 Å². The topological polar surface area (TPSA) is 34.9 Å². The summed E-state index contributed by atoms with van der Waals surface area (Å²) < 4.78 is 2.08. The first-order valence-corrected chi connectivity index (χ1v) is 11.8. The largest absolute Gasteiger partial charge is 0.284 e. The molecule has 4 heteroatoms.